The second-order valence-corrected chi connectivity index (χ2v) is 4.62. The summed E-state index contributed by atoms with van der Waals surface area (Å²) in [6.45, 7) is -0.0276. The van der Waals surface area contributed by atoms with Gasteiger partial charge in [-0.1, -0.05) is 11.6 Å². The van der Waals surface area contributed by atoms with Crippen LogP contribution in [-0.4, -0.2) is 20.4 Å². The van der Waals surface area contributed by atoms with Gasteiger partial charge < -0.3 is 0 Å². The average Bonchev–Trinajstić information content (AvgIpc) is 2.89. The van der Waals surface area contributed by atoms with Gasteiger partial charge in [0.15, 0.2) is 5.82 Å². The van der Waals surface area contributed by atoms with Crippen LogP contribution in [0.2, 0.25) is 5.02 Å². The van der Waals surface area contributed by atoms with Crippen LogP contribution in [0.3, 0.4) is 0 Å². The van der Waals surface area contributed by atoms with Crippen molar-refractivity contribution in [2.24, 2.45) is 0 Å². The van der Waals surface area contributed by atoms with Crippen molar-refractivity contribution in [1.82, 2.24) is 14.3 Å². The molecule has 1 amide bonds. The van der Waals surface area contributed by atoms with E-state index in [0.717, 1.165) is 9.36 Å². The quantitative estimate of drug-likeness (QED) is 0.832. The summed E-state index contributed by atoms with van der Waals surface area (Å²) in [5.74, 6) is 0.324. The maximum atomic E-state index is 12.3. The number of nitrogens with zero attached hydrogens (tertiary/aromatic N) is 5. The Kier molecular flexibility index (Phi) is 2.80. The summed E-state index contributed by atoms with van der Waals surface area (Å²) in [6, 6.07) is 8.19. The van der Waals surface area contributed by atoms with Gasteiger partial charge in [0.05, 0.1) is 12.6 Å². The van der Waals surface area contributed by atoms with E-state index in [1.807, 2.05) is 6.07 Å². The third-order valence-electron chi connectivity index (χ3n) is 3.00. The molecule has 7 nitrogen and oxygen atoms in total. The van der Waals surface area contributed by atoms with Crippen LogP contribution >= 0.6 is 11.6 Å². The number of halogens is 1. The predicted octanol–water partition coefficient (Wildman–Crippen LogP) is 1.21. The Morgan fingerprint density at radius 1 is 1.30 bits per heavy atom. The molecule has 1 aromatic heterocycles. The number of hydrogen-bond donors (Lipinski definition) is 0. The van der Waals surface area contributed by atoms with E-state index in [0.29, 0.717) is 16.5 Å². The molecule has 0 atom stereocenters. The third-order valence-corrected chi connectivity index (χ3v) is 3.25. The molecule has 2 heterocycles. The number of aromatic nitrogens is 3. The van der Waals surface area contributed by atoms with Crippen molar-refractivity contribution < 1.29 is 4.79 Å². The van der Waals surface area contributed by atoms with E-state index in [1.54, 1.807) is 24.3 Å². The van der Waals surface area contributed by atoms with Crippen LogP contribution < -0.4 is 10.6 Å². The molecule has 0 unspecified atom stereocenters. The fourth-order valence-corrected chi connectivity index (χ4v) is 2.23. The fraction of sp³-hybridized carbons (Fsp3) is 0.167. The van der Waals surface area contributed by atoms with Gasteiger partial charge in [-0.15, -0.1) is 0 Å². The largest absolute Gasteiger partial charge is 0.365 e. The fourth-order valence-electron chi connectivity index (χ4n) is 2.11. The van der Waals surface area contributed by atoms with Gasteiger partial charge in [-0.25, -0.2) is 14.3 Å². The second-order valence-electron chi connectivity index (χ2n) is 4.18. The van der Waals surface area contributed by atoms with Crippen LogP contribution in [0, 0.1) is 11.3 Å². The third kappa shape index (κ3) is 1.78. The molecular weight excluding hydrogens is 282 g/mol. The van der Waals surface area contributed by atoms with Crippen molar-refractivity contribution in [3.8, 4) is 6.07 Å². The highest BCUT2D eigenvalue weighted by atomic mass is 35.5. The van der Waals surface area contributed by atoms with E-state index in [4.69, 9.17) is 16.9 Å². The van der Waals surface area contributed by atoms with Gasteiger partial charge in [0.25, 0.3) is 0 Å². The SMILES string of the molecule is N#CCn1c(=O)nc2n1C(=O)N(c1ccc(Cl)cc1)C2. The summed E-state index contributed by atoms with van der Waals surface area (Å²) >= 11 is 5.81. The Bertz CT molecular complexity index is 784. The summed E-state index contributed by atoms with van der Waals surface area (Å²) in [5.41, 5.74) is 0.0616. The van der Waals surface area contributed by atoms with E-state index >= 15 is 0 Å². The summed E-state index contributed by atoms with van der Waals surface area (Å²) in [5, 5.41) is 9.27. The molecule has 8 heteroatoms. The molecular formula is C12H8ClN5O2. The predicted molar refractivity (Wildman–Crippen MR) is 70.5 cm³/mol. The van der Waals surface area contributed by atoms with Crippen molar-refractivity contribution in [3.63, 3.8) is 0 Å². The van der Waals surface area contributed by atoms with Crippen molar-refractivity contribution in [1.29, 1.82) is 5.26 Å². The number of hydrogen-bond acceptors (Lipinski definition) is 4. The van der Waals surface area contributed by atoms with E-state index < -0.39 is 11.7 Å². The van der Waals surface area contributed by atoms with Gasteiger partial charge in [-0.3, -0.25) is 4.90 Å². The molecule has 0 fully saturated rings. The van der Waals surface area contributed by atoms with Gasteiger partial charge >= 0.3 is 11.7 Å². The summed E-state index contributed by atoms with van der Waals surface area (Å²) < 4.78 is 2.16. The standard InChI is InChI=1S/C12H8ClN5O2/c13-8-1-3-9(4-2-8)16-7-10-15-11(19)17(6-5-14)18(10)12(16)20/h1-4H,6-7H2. The Balaban J connectivity index is 2.02. The molecule has 0 aliphatic carbocycles. The Morgan fingerprint density at radius 3 is 2.65 bits per heavy atom. The van der Waals surface area contributed by atoms with Crippen LogP contribution in [0.5, 0.6) is 0 Å². The minimum absolute atomic E-state index is 0.189. The van der Waals surface area contributed by atoms with Gasteiger partial charge in [0.2, 0.25) is 0 Å². The van der Waals surface area contributed by atoms with Gasteiger partial charge in [-0.05, 0) is 24.3 Å². The number of fused-ring (bicyclic) bond motifs is 1. The summed E-state index contributed by atoms with van der Waals surface area (Å²) in [4.78, 5) is 29.2. The second kappa shape index (κ2) is 4.51. The molecule has 0 N–H and O–H groups in total. The zero-order valence-corrected chi connectivity index (χ0v) is 10.9. The van der Waals surface area contributed by atoms with E-state index in [1.165, 1.54) is 4.90 Å². The van der Waals surface area contributed by atoms with Crippen molar-refractivity contribution in [2.75, 3.05) is 4.90 Å². The lowest BCUT2D eigenvalue weighted by molar-refractivity contribution is 0.245. The number of carbonyl (C=O) groups excluding carboxylic acids is 1. The van der Waals surface area contributed by atoms with Crippen LogP contribution in [0.4, 0.5) is 10.5 Å². The highest BCUT2D eigenvalue weighted by molar-refractivity contribution is 6.30. The average molecular weight is 290 g/mol. The molecule has 0 saturated carbocycles. The number of nitriles is 1. The van der Waals surface area contributed by atoms with Gasteiger partial charge in [0, 0.05) is 10.7 Å². The molecule has 0 saturated heterocycles. The number of amides is 1. The van der Waals surface area contributed by atoms with Crippen LogP contribution in [0.15, 0.2) is 29.1 Å². The minimum atomic E-state index is -0.592. The monoisotopic (exact) mass is 289 g/mol. The lowest BCUT2D eigenvalue weighted by Gasteiger charge is -2.15. The maximum absolute atomic E-state index is 12.3. The van der Waals surface area contributed by atoms with Gasteiger partial charge in [-0.2, -0.15) is 14.9 Å². The molecule has 3 rings (SSSR count). The molecule has 0 radical (unpaired) electrons. The first kappa shape index (κ1) is 12.4. The summed E-state index contributed by atoms with van der Waals surface area (Å²) in [6.07, 6.45) is 0. The number of rotatable bonds is 2. The molecule has 1 aromatic carbocycles. The molecule has 100 valence electrons. The maximum Gasteiger partial charge on any atom is 0.365 e. The zero-order chi connectivity index (χ0) is 14.3. The highest BCUT2D eigenvalue weighted by Gasteiger charge is 2.33. The smallest absolute Gasteiger partial charge is 0.285 e. The number of carbonyl (C=O) groups is 1. The molecule has 0 spiro atoms. The Morgan fingerprint density at radius 2 is 2.00 bits per heavy atom. The van der Waals surface area contributed by atoms with Crippen LogP contribution in [-0.2, 0) is 13.1 Å². The number of anilines is 1. The first-order chi connectivity index (χ1) is 9.61. The zero-order valence-electron chi connectivity index (χ0n) is 10.2. The molecule has 2 aromatic rings. The van der Waals surface area contributed by atoms with Crippen molar-refractivity contribution in [3.05, 3.63) is 45.6 Å². The van der Waals surface area contributed by atoms with E-state index in [-0.39, 0.29) is 13.1 Å². The molecule has 1 aliphatic heterocycles. The Labute approximate surface area is 118 Å². The summed E-state index contributed by atoms with van der Waals surface area (Å²) in [7, 11) is 0. The van der Waals surface area contributed by atoms with Crippen molar-refractivity contribution in [2.45, 2.75) is 13.1 Å². The normalized spacial score (nSPS) is 13.4. The minimum Gasteiger partial charge on any atom is -0.285 e. The number of benzene rings is 1. The first-order valence-electron chi connectivity index (χ1n) is 5.75. The Hall–Kier alpha value is -2.59. The lowest BCUT2D eigenvalue weighted by atomic mass is 10.3. The molecule has 20 heavy (non-hydrogen) atoms. The van der Waals surface area contributed by atoms with Gasteiger partial charge in [0.1, 0.15) is 6.54 Å². The van der Waals surface area contributed by atoms with Crippen LogP contribution in [0.1, 0.15) is 5.82 Å². The topological polar surface area (TPSA) is 83.9 Å². The first-order valence-corrected chi connectivity index (χ1v) is 6.12. The van der Waals surface area contributed by atoms with E-state index in [2.05, 4.69) is 4.98 Å². The molecule has 0 bridgehead atoms. The highest BCUT2D eigenvalue weighted by Crippen LogP contribution is 2.24. The lowest BCUT2D eigenvalue weighted by Crippen LogP contribution is -2.33. The van der Waals surface area contributed by atoms with Crippen molar-refractivity contribution >= 4 is 23.3 Å². The van der Waals surface area contributed by atoms with Crippen LogP contribution in [0.25, 0.3) is 0 Å². The van der Waals surface area contributed by atoms with E-state index in [9.17, 15) is 9.59 Å². The molecule has 1 aliphatic rings.